The van der Waals surface area contributed by atoms with Crippen molar-refractivity contribution in [2.24, 2.45) is 0 Å². The van der Waals surface area contributed by atoms with Gasteiger partial charge in [-0.05, 0) is 6.92 Å². The molecule has 4 rings (SSSR count). The maximum Gasteiger partial charge on any atom is 0.265 e. The van der Waals surface area contributed by atoms with Gasteiger partial charge in [0.2, 0.25) is 0 Å². The largest absolute Gasteiger partial charge is 0.265 e. The minimum atomic E-state index is -3.96. The Kier molecular flexibility index (Phi) is 9.03. The second-order valence-corrected chi connectivity index (χ2v) is 8.04. The van der Waals surface area contributed by atoms with Gasteiger partial charge in [-0.1, -0.05) is 35.9 Å². The van der Waals surface area contributed by atoms with E-state index in [2.05, 4.69) is 19.1 Å². The Morgan fingerprint density at radius 3 is 0.683 bits per heavy atom. The first kappa shape index (κ1) is 31.4. The molecule has 41 heavy (non-hydrogen) atoms. The van der Waals surface area contributed by atoms with Crippen LogP contribution in [0.4, 0.5) is 65.9 Å². The number of halogens is 15. The van der Waals surface area contributed by atoms with Gasteiger partial charge in [0.15, 0.2) is 87.3 Å². The quantitative estimate of drug-likeness (QED) is 0.112. The van der Waals surface area contributed by atoms with Crippen LogP contribution in [0.2, 0.25) is 0 Å². The molecule has 0 heterocycles. The van der Waals surface area contributed by atoms with Crippen LogP contribution >= 0.6 is 0 Å². The van der Waals surface area contributed by atoms with E-state index in [1.54, 1.807) is 0 Å². The van der Waals surface area contributed by atoms with Crippen molar-refractivity contribution in [1.82, 2.24) is 0 Å². The molecule has 0 saturated heterocycles. The molecule has 216 valence electrons. The molecule has 0 aromatic heterocycles. The van der Waals surface area contributed by atoms with E-state index >= 15 is 0 Å². The topological polar surface area (TPSA) is 0 Å². The highest BCUT2D eigenvalue weighted by molar-refractivity contribution is 6.95. The highest BCUT2D eigenvalue weighted by atomic mass is 19.2. The average molecular weight is 604 g/mol. The lowest BCUT2D eigenvalue weighted by atomic mass is 9.36. The predicted molar refractivity (Wildman–Crippen MR) is 115 cm³/mol. The van der Waals surface area contributed by atoms with Crippen molar-refractivity contribution in [3.05, 3.63) is 123 Å². The molecule has 0 unspecified atom stereocenters. The third kappa shape index (κ3) is 5.34. The van der Waals surface area contributed by atoms with E-state index in [0.717, 1.165) is 0 Å². The van der Waals surface area contributed by atoms with Crippen molar-refractivity contribution in [1.29, 1.82) is 0 Å². The third-order valence-corrected chi connectivity index (χ3v) is 5.54. The lowest BCUT2D eigenvalue weighted by molar-refractivity contribution is 0.380. The van der Waals surface area contributed by atoms with Crippen molar-refractivity contribution >= 4 is 23.1 Å². The molecule has 0 spiro atoms. The van der Waals surface area contributed by atoms with E-state index < -0.39 is 110 Å². The highest BCUT2D eigenvalue weighted by Gasteiger charge is 2.45. The smallest absolute Gasteiger partial charge is 0.204 e. The van der Waals surface area contributed by atoms with Crippen LogP contribution in [0.25, 0.3) is 0 Å². The molecule has 4 aromatic rings. The molecule has 4 aromatic carbocycles. The zero-order chi connectivity index (χ0) is 31.1. The SMILES string of the molecule is Cc1ccccc1.Fc1c(F)c(F)c(B(c2c(F)c(F)c(F)c(F)c2F)c2c(F)c(F)c(F)c(F)c2F)c(F)c1F. The van der Waals surface area contributed by atoms with E-state index in [9.17, 15) is 65.9 Å². The van der Waals surface area contributed by atoms with Gasteiger partial charge in [0, 0.05) is 16.4 Å². The Labute approximate surface area is 219 Å². The summed E-state index contributed by atoms with van der Waals surface area (Å²) in [5, 5.41) is 0. The Morgan fingerprint density at radius 2 is 0.512 bits per heavy atom. The summed E-state index contributed by atoms with van der Waals surface area (Å²) < 4.78 is 209. The molecule has 0 amide bonds. The van der Waals surface area contributed by atoms with E-state index in [1.807, 2.05) is 18.2 Å². The summed E-state index contributed by atoms with van der Waals surface area (Å²) in [5.41, 5.74) is -6.71. The molecular weight excluding hydrogens is 596 g/mol. The van der Waals surface area contributed by atoms with Crippen LogP contribution in [0.5, 0.6) is 0 Å². The van der Waals surface area contributed by atoms with E-state index in [0.29, 0.717) is 0 Å². The van der Waals surface area contributed by atoms with E-state index in [-0.39, 0.29) is 0 Å². The van der Waals surface area contributed by atoms with Crippen LogP contribution in [0.15, 0.2) is 30.3 Å². The van der Waals surface area contributed by atoms with E-state index in [1.165, 1.54) is 5.56 Å². The predicted octanol–water partition coefficient (Wildman–Crippen LogP) is 6.28. The van der Waals surface area contributed by atoms with Crippen LogP contribution in [0.3, 0.4) is 0 Å². The molecule has 0 bridgehead atoms. The van der Waals surface area contributed by atoms with Crippen LogP contribution in [-0.4, -0.2) is 6.71 Å². The van der Waals surface area contributed by atoms with Crippen LogP contribution < -0.4 is 16.4 Å². The Morgan fingerprint density at radius 1 is 0.317 bits per heavy atom. The van der Waals surface area contributed by atoms with Gasteiger partial charge in [-0.25, -0.2) is 65.9 Å². The fourth-order valence-electron chi connectivity index (χ4n) is 3.59. The van der Waals surface area contributed by atoms with Crippen LogP contribution in [0.1, 0.15) is 5.56 Å². The number of rotatable bonds is 3. The molecule has 0 fully saturated rings. The highest BCUT2D eigenvalue weighted by Crippen LogP contribution is 2.23. The molecular formula is C25H8BF15. The Hall–Kier alpha value is -4.11. The molecule has 0 nitrogen and oxygen atoms in total. The second-order valence-electron chi connectivity index (χ2n) is 8.04. The van der Waals surface area contributed by atoms with E-state index in [4.69, 9.17) is 0 Å². The number of aryl methyl sites for hydroxylation is 1. The average Bonchev–Trinajstić information content (AvgIpc) is 2.95. The minimum Gasteiger partial charge on any atom is -0.204 e. The van der Waals surface area contributed by atoms with Gasteiger partial charge < -0.3 is 0 Å². The summed E-state index contributed by atoms with van der Waals surface area (Å²) in [7, 11) is 0. The first-order valence-electron chi connectivity index (χ1n) is 10.6. The van der Waals surface area contributed by atoms with Crippen molar-refractivity contribution in [3.8, 4) is 0 Å². The second kappa shape index (κ2) is 11.8. The lowest BCUT2D eigenvalue weighted by Gasteiger charge is -2.21. The van der Waals surface area contributed by atoms with Gasteiger partial charge >= 0.3 is 0 Å². The summed E-state index contributed by atoms with van der Waals surface area (Å²) in [6.45, 7) is -1.88. The van der Waals surface area contributed by atoms with Crippen molar-refractivity contribution in [3.63, 3.8) is 0 Å². The van der Waals surface area contributed by atoms with Gasteiger partial charge in [0.1, 0.15) is 0 Å². The first-order chi connectivity index (χ1) is 19.1. The normalized spacial score (nSPS) is 10.9. The molecule has 0 radical (unpaired) electrons. The van der Waals surface area contributed by atoms with Gasteiger partial charge in [0.25, 0.3) is 6.71 Å². The van der Waals surface area contributed by atoms with Gasteiger partial charge in [-0.3, -0.25) is 0 Å². The number of benzene rings is 4. The summed E-state index contributed by atoms with van der Waals surface area (Å²) in [5.74, 6) is -45.2. The Bertz CT molecular complexity index is 1400. The number of hydrogen-bond donors (Lipinski definition) is 0. The lowest BCUT2D eigenvalue weighted by Crippen LogP contribution is -2.60. The summed E-state index contributed by atoms with van der Waals surface area (Å²) in [4.78, 5) is 0. The summed E-state index contributed by atoms with van der Waals surface area (Å²) >= 11 is 0. The molecule has 0 aliphatic rings. The van der Waals surface area contributed by atoms with Gasteiger partial charge in [-0.15, -0.1) is 0 Å². The van der Waals surface area contributed by atoms with Crippen LogP contribution in [0, 0.1) is 94.2 Å². The fourth-order valence-corrected chi connectivity index (χ4v) is 3.59. The first-order valence-corrected chi connectivity index (χ1v) is 10.6. The third-order valence-electron chi connectivity index (χ3n) is 5.54. The summed E-state index contributed by atoms with van der Waals surface area (Å²) in [6.07, 6.45) is 0. The van der Waals surface area contributed by atoms with Crippen molar-refractivity contribution < 1.29 is 65.9 Å². The monoisotopic (exact) mass is 604 g/mol. The van der Waals surface area contributed by atoms with Gasteiger partial charge in [-0.2, -0.15) is 0 Å². The molecule has 0 atom stereocenters. The van der Waals surface area contributed by atoms with Gasteiger partial charge in [0.05, 0.1) is 0 Å². The molecule has 16 heteroatoms. The van der Waals surface area contributed by atoms with Crippen molar-refractivity contribution in [2.75, 3.05) is 0 Å². The zero-order valence-electron chi connectivity index (χ0n) is 19.6. The Balaban J connectivity index is 0.000000575. The summed E-state index contributed by atoms with van der Waals surface area (Å²) in [6, 6.07) is 10.3. The number of hydrogen-bond acceptors (Lipinski definition) is 0. The molecule has 0 N–H and O–H groups in total. The fraction of sp³-hybridized carbons (Fsp3) is 0.0400. The molecule has 0 aliphatic heterocycles. The van der Waals surface area contributed by atoms with Crippen LogP contribution in [-0.2, 0) is 0 Å². The minimum absolute atomic E-state index is 1.32. The molecule has 0 saturated carbocycles. The maximum absolute atomic E-state index is 14.4. The maximum atomic E-state index is 14.4. The molecule has 0 aliphatic carbocycles. The zero-order valence-corrected chi connectivity index (χ0v) is 19.6. The standard InChI is InChI=1S/C18BF15.C7H8/c20-4-1(5(21)11(27)16(32)10(4)26)19(2-6(22)12(28)17(33)13(29)7(2)23)3-8(24)14(30)18(34)15(31)9(3)25;1-7-5-3-2-4-6-7/h;2-6H,1H3. The van der Waals surface area contributed by atoms with Crippen molar-refractivity contribution in [2.45, 2.75) is 6.92 Å².